The highest BCUT2D eigenvalue weighted by atomic mass is 32.3. The number of nitrogens with one attached hydrogen (secondary N) is 8. The van der Waals surface area contributed by atoms with Crippen molar-refractivity contribution in [2.75, 3.05) is 32.8 Å². The molecule has 0 radical (unpaired) electrons. The number of aliphatic imine (C=N–C) groups is 1. The first-order chi connectivity index (χ1) is 23.8. The van der Waals surface area contributed by atoms with Gasteiger partial charge < -0.3 is 76.3 Å². The van der Waals surface area contributed by atoms with E-state index in [9.17, 15) is 38.7 Å². The van der Waals surface area contributed by atoms with Gasteiger partial charge in [-0.05, 0) is 25.8 Å². The molecule has 21 N–H and O–H groups in total. The largest absolute Gasteiger partial charge is 0.394 e. The Morgan fingerprint density at radius 3 is 2.20 bits per heavy atom. The predicted octanol–water partition coefficient (Wildman–Crippen LogP) is -9.28. The summed E-state index contributed by atoms with van der Waals surface area (Å²) < 4.78 is 31.6. The van der Waals surface area contributed by atoms with Gasteiger partial charge in [0.1, 0.15) is 29.9 Å². The Morgan fingerprint density at radius 2 is 1.63 bits per heavy atom. The summed E-state index contributed by atoms with van der Waals surface area (Å²) in [4.78, 5) is 93.7. The Labute approximate surface area is 290 Å². The van der Waals surface area contributed by atoms with Gasteiger partial charge in [-0.25, -0.2) is 4.79 Å². The van der Waals surface area contributed by atoms with Crippen molar-refractivity contribution >= 4 is 57.8 Å². The molecule has 2 rings (SSSR count). The van der Waals surface area contributed by atoms with Gasteiger partial charge in [0, 0.05) is 25.8 Å². The molecule has 0 aromatic carbocycles. The van der Waals surface area contributed by atoms with Gasteiger partial charge in [-0.1, -0.05) is 0 Å². The molecular formula is C24H44N14O12S. The van der Waals surface area contributed by atoms with Crippen LogP contribution in [0.3, 0.4) is 0 Å². The van der Waals surface area contributed by atoms with Crippen molar-refractivity contribution < 1.29 is 56.2 Å². The number of amides is 8. The number of urea groups is 1. The quantitative estimate of drug-likeness (QED) is 0.0768. The second kappa shape index (κ2) is 21.1. The Bertz CT molecular complexity index is 1450. The third kappa shape index (κ3) is 16.9. The maximum absolute atomic E-state index is 13.4. The van der Waals surface area contributed by atoms with Crippen molar-refractivity contribution in [2.45, 2.75) is 55.5 Å². The number of rotatable bonds is 9. The molecule has 0 saturated carbocycles. The summed E-state index contributed by atoms with van der Waals surface area (Å²) in [6.07, 6.45) is 1.61. The molecule has 1 fully saturated rings. The molecule has 288 valence electrons. The zero-order valence-corrected chi connectivity index (χ0v) is 27.8. The maximum atomic E-state index is 13.4. The van der Waals surface area contributed by atoms with Crippen molar-refractivity contribution in [1.29, 1.82) is 0 Å². The Hall–Kier alpha value is -5.19. The number of hydrogen-bond donors (Lipinski definition) is 16. The highest BCUT2D eigenvalue weighted by molar-refractivity contribution is 7.79. The van der Waals surface area contributed by atoms with Crippen LogP contribution >= 0.6 is 0 Å². The van der Waals surface area contributed by atoms with Crippen molar-refractivity contribution in [2.24, 2.45) is 33.7 Å². The average molecular weight is 753 g/mol. The molecule has 1 saturated heterocycles. The number of primary amides is 1. The second-order valence-electron chi connectivity index (χ2n) is 10.7. The molecule has 2 unspecified atom stereocenters. The summed E-state index contributed by atoms with van der Waals surface area (Å²) in [6.45, 7) is -1.51. The fourth-order valence-electron chi connectivity index (χ4n) is 4.14. The van der Waals surface area contributed by atoms with Gasteiger partial charge in [0.15, 0.2) is 5.96 Å². The van der Waals surface area contributed by atoms with Crippen LogP contribution in [-0.2, 0) is 39.2 Å². The van der Waals surface area contributed by atoms with Crippen LogP contribution in [0.5, 0.6) is 0 Å². The van der Waals surface area contributed by atoms with Crippen LogP contribution < -0.4 is 71.2 Å². The fourth-order valence-corrected chi connectivity index (χ4v) is 4.14. The lowest BCUT2D eigenvalue weighted by Gasteiger charge is -2.31. The summed E-state index contributed by atoms with van der Waals surface area (Å²) in [6, 6.07) is -9.04. The summed E-state index contributed by atoms with van der Waals surface area (Å²) in [5.74, 6) is -5.78. The number of guanidine groups is 1. The first-order valence-corrected chi connectivity index (χ1v) is 16.3. The van der Waals surface area contributed by atoms with E-state index in [1.54, 1.807) is 0 Å². The van der Waals surface area contributed by atoms with Crippen LogP contribution in [0.1, 0.15) is 19.3 Å². The maximum Gasteiger partial charge on any atom is 0.394 e. The number of aliphatic hydroxyl groups is 1. The molecule has 2 heterocycles. The summed E-state index contributed by atoms with van der Waals surface area (Å²) in [5, 5.41) is 28.6. The monoisotopic (exact) mass is 752 g/mol. The van der Waals surface area contributed by atoms with E-state index in [4.69, 9.17) is 46.2 Å². The van der Waals surface area contributed by atoms with E-state index >= 15 is 0 Å². The lowest BCUT2D eigenvalue weighted by Crippen LogP contribution is -2.64. The number of hydrogen-bond acceptors (Lipinski definition) is 16. The van der Waals surface area contributed by atoms with Gasteiger partial charge in [-0.15, -0.1) is 0 Å². The molecule has 51 heavy (non-hydrogen) atoms. The van der Waals surface area contributed by atoms with Gasteiger partial charge in [-0.3, -0.25) is 42.9 Å². The molecule has 0 aromatic rings. The number of nitrogens with two attached hydrogens (primary N) is 5. The Kier molecular flexibility index (Phi) is 18.2. The highest BCUT2D eigenvalue weighted by Crippen LogP contribution is 2.07. The molecule has 8 amide bonds. The molecule has 6 atom stereocenters. The smallest absolute Gasteiger partial charge is 0.394 e. The van der Waals surface area contributed by atoms with Crippen LogP contribution in [0.15, 0.2) is 16.9 Å². The normalized spacial score (nSPS) is 25.1. The van der Waals surface area contributed by atoms with Gasteiger partial charge >= 0.3 is 16.4 Å². The number of nitrogens with zero attached hydrogens (tertiary/aromatic N) is 1. The minimum atomic E-state index is -4.67. The van der Waals surface area contributed by atoms with Gasteiger partial charge in [0.2, 0.25) is 29.5 Å². The molecule has 0 bridgehead atoms. The lowest BCUT2D eigenvalue weighted by atomic mass is 10.0. The molecule has 0 aromatic heterocycles. The molecule has 27 heteroatoms. The number of aliphatic hydroxyl groups excluding tert-OH is 1. The van der Waals surface area contributed by atoms with Crippen LogP contribution in [0.4, 0.5) is 4.79 Å². The van der Waals surface area contributed by atoms with Crippen molar-refractivity contribution in [1.82, 2.24) is 42.5 Å². The van der Waals surface area contributed by atoms with E-state index in [1.807, 2.05) is 5.32 Å². The van der Waals surface area contributed by atoms with E-state index in [2.05, 4.69) is 42.2 Å². The van der Waals surface area contributed by atoms with Gasteiger partial charge in [0.05, 0.1) is 18.7 Å². The van der Waals surface area contributed by atoms with Gasteiger partial charge in [0.25, 0.3) is 5.91 Å². The number of carbonyl (C=O) groups is 7. The molecule has 26 nitrogen and oxygen atoms in total. The van der Waals surface area contributed by atoms with Crippen molar-refractivity contribution in [3.63, 3.8) is 0 Å². The Morgan fingerprint density at radius 1 is 1.00 bits per heavy atom. The summed E-state index contributed by atoms with van der Waals surface area (Å²) in [7, 11) is -4.67. The minimum absolute atomic E-state index is 0.0144. The standard InChI is InChI=1S/C24H42N14O8.H2O4S/c25-4-1-2-10(26)17(40)32-7-13-19(42)34-14(8-33-24(29)46)20(43)38-16(12-3-5-30-23(28)37-12)22(45)31-6-11(27)18(41)36-15(9-39)21(44)35-13;1-5(2,3)4/h8,10-13,15-16,39H,1-7,9,25-27H2,(H,31,45)(H,32,40)(H,34,42)(H,35,44)(H,36,41)(H,38,43)(H3,28,30,37)(H3,29,33,46);(H2,1,2,3,4)/b14-8-;/t10-,11+,12+,13?,15-,16?;/m0./s1. The topological polar surface area (TPSA) is 453 Å². The third-order valence-electron chi connectivity index (χ3n) is 6.71. The van der Waals surface area contributed by atoms with Gasteiger partial charge in [-0.2, -0.15) is 8.42 Å². The lowest BCUT2D eigenvalue weighted by molar-refractivity contribution is -0.134. The van der Waals surface area contributed by atoms with E-state index in [-0.39, 0.29) is 31.9 Å². The fraction of sp³-hybridized carbons (Fsp3) is 0.583. The zero-order valence-electron chi connectivity index (χ0n) is 27.0. The third-order valence-corrected chi connectivity index (χ3v) is 6.71. The zero-order chi connectivity index (χ0) is 38.9. The second-order valence-corrected chi connectivity index (χ2v) is 11.6. The van der Waals surface area contributed by atoms with Crippen molar-refractivity contribution in [3.8, 4) is 0 Å². The molecule has 2 aliphatic heterocycles. The SMILES string of the molecule is NCCC[C@H](N)C(=O)NCC1NC(=O)[C@H](CO)NC(=O)[C@H](N)CNC(=O)C([C@H]2CCN=C(N)N2)NC(=O)/C(=C/NC(N)=O)NC1=O.O=S(=O)(O)O. The molecule has 0 aliphatic carbocycles. The summed E-state index contributed by atoms with van der Waals surface area (Å²) in [5.41, 5.74) is 27.4. The van der Waals surface area contributed by atoms with E-state index in [0.29, 0.717) is 6.42 Å². The predicted molar refractivity (Wildman–Crippen MR) is 174 cm³/mol. The minimum Gasteiger partial charge on any atom is -0.394 e. The van der Waals surface area contributed by atoms with Crippen molar-refractivity contribution in [3.05, 3.63) is 11.9 Å². The highest BCUT2D eigenvalue weighted by Gasteiger charge is 2.35. The first kappa shape index (κ1) is 43.8. The average Bonchev–Trinajstić information content (AvgIpc) is 3.05. The van der Waals surface area contributed by atoms with E-state index in [1.165, 1.54) is 0 Å². The molecular weight excluding hydrogens is 708 g/mol. The summed E-state index contributed by atoms with van der Waals surface area (Å²) >= 11 is 0. The van der Waals surface area contributed by atoms with Crippen LogP contribution in [0.25, 0.3) is 0 Å². The van der Waals surface area contributed by atoms with Crippen LogP contribution in [-0.4, -0.2) is 139 Å². The first-order valence-electron chi connectivity index (χ1n) is 14.9. The number of carbonyl (C=O) groups excluding carboxylic acids is 7. The van der Waals surface area contributed by atoms with Crippen LogP contribution in [0.2, 0.25) is 0 Å². The Balaban J connectivity index is 0.00000242. The molecule has 0 spiro atoms. The van der Waals surface area contributed by atoms with E-state index < -0.39 is 114 Å². The van der Waals surface area contributed by atoms with E-state index in [0.717, 1.165) is 6.20 Å². The molecule has 2 aliphatic rings. The van der Waals surface area contributed by atoms with Crippen LogP contribution in [0, 0.1) is 0 Å².